The first-order valence-electron chi connectivity index (χ1n) is 6.53. The Morgan fingerprint density at radius 2 is 1.52 bits per heavy atom. The van der Waals surface area contributed by atoms with Gasteiger partial charge in [0.2, 0.25) is 5.52 Å². The Labute approximate surface area is 199 Å². The number of aromatic nitrogens is 1. The van der Waals surface area contributed by atoms with E-state index in [1.54, 1.807) is 24.4 Å². The Kier molecular flexibility index (Phi) is 12.4. The van der Waals surface area contributed by atoms with Gasteiger partial charge in [-0.25, -0.2) is 13.4 Å². The molecule has 132 valence electrons. The minimum atomic E-state index is -4.48. The number of fused-ring (bicyclic) bond motifs is 1. The van der Waals surface area contributed by atoms with Gasteiger partial charge in [0.15, 0.2) is 6.20 Å². The second-order valence-corrected chi connectivity index (χ2v) is 6.07. The molecule has 12 heteroatoms. The van der Waals surface area contributed by atoms with Crippen LogP contribution in [0.4, 0.5) is 11.4 Å². The van der Waals surface area contributed by atoms with Gasteiger partial charge in [0.05, 0.1) is 21.7 Å². The van der Waals surface area contributed by atoms with Gasteiger partial charge >= 0.3 is 59.1 Å². The van der Waals surface area contributed by atoms with Crippen LogP contribution in [-0.2, 0) is 10.1 Å². The summed E-state index contributed by atoms with van der Waals surface area (Å²) >= 11 is 0. The van der Waals surface area contributed by atoms with Crippen molar-refractivity contribution in [2.75, 3.05) is 0 Å². The molecule has 3 rings (SSSR count). The third-order valence-corrected chi connectivity index (χ3v) is 4.02. The van der Waals surface area contributed by atoms with Gasteiger partial charge in [-0.3, -0.25) is 0 Å². The Morgan fingerprint density at radius 1 is 0.889 bits per heavy atom. The van der Waals surface area contributed by atoms with E-state index in [4.69, 9.17) is 0 Å². The van der Waals surface area contributed by atoms with Crippen LogP contribution >= 0.6 is 0 Å². The molecule has 0 atom stereocenters. The maximum atomic E-state index is 11.7. The maximum Gasteiger partial charge on any atom is 1.00 e. The minimum Gasteiger partial charge on any atom is -0.868 e. The molecular formula is C15H14N3Na2O6S+. The van der Waals surface area contributed by atoms with Crippen molar-refractivity contribution < 1.29 is 93.1 Å². The molecule has 0 radical (unpaired) electrons. The Bertz CT molecular complexity index is 1010. The van der Waals surface area contributed by atoms with Crippen molar-refractivity contribution in [1.29, 1.82) is 0 Å². The summed E-state index contributed by atoms with van der Waals surface area (Å²) in [5, 5.41) is 20.4. The zero-order valence-corrected chi connectivity index (χ0v) is 19.4. The largest absolute Gasteiger partial charge is 1.00 e. The predicted molar refractivity (Wildman–Crippen MR) is 85.8 cm³/mol. The summed E-state index contributed by atoms with van der Waals surface area (Å²) < 4.78 is 32.6. The first-order valence-corrected chi connectivity index (χ1v) is 7.94. The first-order chi connectivity index (χ1) is 10.9. The molecule has 0 bridgehead atoms. The molecule has 0 fully saturated rings. The molecule has 0 aliphatic heterocycles. The Hall–Kier alpha value is -0.920. The van der Waals surface area contributed by atoms with E-state index in [-0.39, 0.29) is 80.7 Å². The maximum absolute atomic E-state index is 11.7. The van der Waals surface area contributed by atoms with Crippen LogP contribution < -0.4 is 69.2 Å². The molecule has 27 heavy (non-hydrogen) atoms. The molecule has 5 N–H and O–H groups in total. The van der Waals surface area contributed by atoms with E-state index in [2.05, 4.69) is 15.2 Å². The van der Waals surface area contributed by atoms with Gasteiger partial charge in [-0.15, -0.1) is 5.11 Å². The number of rotatable bonds is 3. The van der Waals surface area contributed by atoms with Crippen LogP contribution in [0.2, 0.25) is 0 Å². The molecule has 1 heterocycles. The van der Waals surface area contributed by atoms with Gasteiger partial charge in [0, 0.05) is 6.07 Å². The summed E-state index contributed by atoms with van der Waals surface area (Å²) in [7, 11) is -4.48. The second kappa shape index (κ2) is 11.8. The number of H-pyrrole nitrogens is 1. The third-order valence-electron chi connectivity index (χ3n) is 3.17. The molecular weight excluding hydrogens is 396 g/mol. The minimum absolute atomic E-state index is 0. The summed E-state index contributed by atoms with van der Waals surface area (Å²) in [6, 6.07) is 11.5. The monoisotopic (exact) mass is 410 g/mol. The number of azo groups is 1. The number of nitrogens with zero attached hydrogens (tertiary/aromatic N) is 2. The first kappa shape index (κ1) is 28.3. The van der Waals surface area contributed by atoms with Crippen molar-refractivity contribution in [3.05, 3.63) is 54.7 Å². The normalized spacial score (nSPS) is 10.3. The summed E-state index contributed by atoms with van der Waals surface area (Å²) in [5.74, 6) is -0.149. The smallest absolute Gasteiger partial charge is 0.868 e. The van der Waals surface area contributed by atoms with Gasteiger partial charge in [0.1, 0.15) is 10.1 Å². The summed E-state index contributed by atoms with van der Waals surface area (Å²) in [6.45, 7) is 0. The van der Waals surface area contributed by atoms with E-state index in [1.807, 2.05) is 0 Å². The zero-order chi connectivity index (χ0) is 16.4. The SMILES string of the molecule is O.O.O=S(=O)([O-])c1ccc(N=Nc2ccc([O-])c3[nH+]cccc23)cc1.[Na+].[Na+]. The van der Waals surface area contributed by atoms with E-state index in [0.29, 0.717) is 22.3 Å². The van der Waals surface area contributed by atoms with E-state index in [1.165, 1.54) is 30.3 Å². The van der Waals surface area contributed by atoms with Crippen LogP contribution in [-0.4, -0.2) is 23.9 Å². The molecule has 0 spiro atoms. The number of nitrogens with one attached hydrogen (secondary N) is 1. The summed E-state index contributed by atoms with van der Waals surface area (Å²) in [4.78, 5) is 2.54. The molecule has 1 aromatic heterocycles. The second-order valence-electron chi connectivity index (χ2n) is 4.69. The van der Waals surface area contributed by atoms with Gasteiger partial charge in [-0.05, 0) is 42.1 Å². The van der Waals surface area contributed by atoms with Crippen molar-refractivity contribution in [1.82, 2.24) is 0 Å². The molecule has 0 unspecified atom stereocenters. The average Bonchev–Trinajstić information content (AvgIpc) is 2.54. The topological polar surface area (TPSA) is 182 Å². The fourth-order valence-electron chi connectivity index (χ4n) is 2.06. The van der Waals surface area contributed by atoms with E-state index in [9.17, 15) is 18.1 Å². The predicted octanol–water partition coefficient (Wildman–Crippen LogP) is -5.59. The molecule has 2 aromatic carbocycles. The van der Waals surface area contributed by atoms with Crippen LogP contribution in [0.25, 0.3) is 10.9 Å². The number of benzene rings is 2. The van der Waals surface area contributed by atoms with Crippen LogP contribution in [0.3, 0.4) is 0 Å². The quantitative estimate of drug-likeness (QED) is 0.237. The van der Waals surface area contributed by atoms with Crippen LogP contribution in [0, 0.1) is 0 Å². The van der Waals surface area contributed by atoms with Crippen LogP contribution in [0.15, 0.2) is 69.9 Å². The molecule has 3 aromatic rings. The summed E-state index contributed by atoms with van der Waals surface area (Å²) in [5.41, 5.74) is 1.31. The fourth-order valence-corrected chi connectivity index (χ4v) is 2.53. The fraction of sp³-hybridized carbons (Fsp3) is 0. The molecule has 0 aliphatic carbocycles. The van der Waals surface area contributed by atoms with Crippen molar-refractivity contribution in [3.63, 3.8) is 0 Å². The number of aromatic amines is 1. The van der Waals surface area contributed by atoms with Gasteiger partial charge in [-0.2, -0.15) is 5.11 Å². The molecule has 0 saturated carbocycles. The number of pyridine rings is 1. The Balaban J connectivity index is 0. The zero-order valence-electron chi connectivity index (χ0n) is 14.6. The van der Waals surface area contributed by atoms with Crippen LogP contribution in [0.5, 0.6) is 5.75 Å². The van der Waals surface area contributed by atoms with Gasteiger partial charge < -0.3 is 20.6 Å². The van der Waals surface area contributed by atoms with Crippen molar-refractivity contribution in [3.8, 4) is 5.75 Å². The van der Waals surface area contributed by atoms with Crippen molar-refractivity contribution in [2.24, 2.45) is 10.2 Å². The van der Waals surface area contributed by atoms with E-state index in [0.717, 1.165) is 0 Å². The van der Waals surface area contributed by atoms with Crippen molar-refractivity contribution in [2.45, 2.75) is 4.90 Å². The third kappa shape index (κ3) is 6.88. The van der Waals surface area contributed by atoms with E-state index >= 15 is 0 Å². The van der Waals surface area contributed by atoms with Gasteiger partial charge in [0.25, 0.3) is 0 Å². The van der Waals surface area contributed by atoms with E-state index < -0.39 is 10.1 Å². The Morgan fingerprint density at radius 3 is 2.11 bits per heavy atom. The molecule has 0 aliphatic rings. The standard InChI is InChI=1S/C15H11N3O4S.2Na.2H2O/c19-14-8-7-13(12-2-1-9-16-15(12)14)18-17-10-3-5-11(6-4-10)23(20,21)22;;;;/h1-9,19H,(H,20,21,22);;;2*1H2/q;2*+1;;/p-1. The number of hydrogen-bond acceptors (Lipinski definition) is 6. The molecule has 0 amide bonds. The van der Waals surface area contributed by atoms with Crippen LogP contribution in [0.1, 0.15) is 0 Å². The molecule has 9 nitrogen and oxygen atoms in total. The summed E-state index contributed by atoms with van der Waals surface area (Å²) in [6.07, 6.45) is 1.65. The molecule has 0 saturated heterocycles. The average molecular weight is 410 g/mol. The number of hydrogen-bond donors (Lipinski definition) is 0. The van der Waals surface area contributed by atoms with Crippen molar-refractivity contribution >= 4 is 32.4 Å². The van der Waals surface area contributed by atoms with Gasteiger partial charge in [-0.1, -0.05) is 6.07 Å².